The highest BCUT2D eigenvalue weighted by atomic mass is 16.2. The molecule has 2 fully saturated rings. The summed E-state index contributed by atoms with van der Waals surface area (Å²) in [6.45, 7) is 1.38. The molecule has 1 amide bonds. The summed E-state index contributed by atoms with van der Waals surface area (Å²) in [7, 11) is 0. The van der Waals surface area contributed by atoms with Crippen molar-refractivity contribution in [1.82, 2.24) is 4.90 Å². The smallest absolute Gasteiger partial charge is 0.227 e. The molecule has 1 aromatic rings. The topological polar surface area (TPSA) is 72.4 Å². The summed E-state index contributed by atoms with van der Waals surface area (Å²) in [5, 5.41) is 0. The summed E-state index contributed by atoms with van der Waals surface area (Å²) >= 11 is 0. The van der Waals surface area contributed by atoms with Gasteiger partial charge in [0, 0.05) is 31.1 Å². The average Bonchev–Trinajstić information content (AvgIpc) is 3.05. The highest BCUT2D eigenvalue weighted by molar-refractivity contribution is 5.80. The number of nitrogens with zero attached hydrogens (tertiary/aromatic N) is 1. The summed E-state index contributed by atoms with van der Waals surface area (Å²) in [4.78, 5) is 14.5. The van der Waals surface area contributed by atoms with Crippen LogP contribution in [0.5, 0.6) is 0 Å². The molecule has 1 aliphatic carbocycles. The summed E-state index contributed by atoms with van der Waals surface area (Å²) in [5.74, 6) is 0.471. The largest absolute Gasteiger partial charge is 0.340 e. The van der Waals surface area contributed by atoms with Gasteiger partial charge >= 0.3 is 0 Å². The van der Waals surface area contributed by atoms with Crippen LogP contribution in [0.15, 0.2) is 30.3 Å². The molecule has 2 unspecified atom stereocenters. The molecule has 4 nitrogen and oxygen atoms in total. The van der Waals surface area contributed by atoms with E-state index in [0.717, 1.165) is 25.8 Å². The fourth-order valence-electron chi connectivity index (χ4n) is 3.59. The minimum absolute atomic E-state index is 0.0109. The third-order valence-corrected chi connectivity index (χ3v) is 4.79. The molecule has 108 valence electrons. The molecule has 1 heterocycles. The lowest BCUT2D eigenvalue weighted by Crippen LogP contribution is -2.41. The van der Waals surface area contributed by atoms with Crippen molar-refractivity contribution in [3.8, 4) is 0 Å². The molecule has 20 heavy (non-hydrogen) atoms. The summed E-state index contributed by atoms with van der Waals surface area (Å²) in [6, 6.07) is 10.3. The molecule has 3 rings (SSSR count). The number of rotatable bonds is 2. The lowest BCUT2D eigenvalue weighted by molar-refractivity contribution is -0.134. The summed E-state index contributed by atoms with van der Waals surface area (Å²) < 4.78 is 0. The maximum Gasteiger partial charge on any atom is 0.227 e. The van der Waals surface area contributed by atoms with E-state index >= 15 is 0 Å². The van der Waals surface area contributed by atoms with Gasteiger partial charge in [-0.05, 0) is 18.4 Å². The van der Waals surface area contributed by atoms with Crippen LogP contribution in [0, 0.1) is 5.92 Å². The predicted molar refractivity (Wildman–Crippen MR) is 79.1 cm³/mol. The first kappa shape index (κ1) is 13.6. The molecular formula is C16H23N3O. The number of benzene rings is 1. The minimum atomic E-state index is 0.0109. The molecule has 2 aliphatic rings. The molecule has 0 radical (unpaired) electrons. The lowest BCUT2D eigenvalue weighted by Gasteiger charge is -2.23. The number of hydrogen-bond acceptors (Lipinski definition) is 3. The zero-order valence-corrected chi connectivity index (χ0v) is 11.7. The van der Waals surface area contributed by atoms with E-state index in [4.69, 9.17) is 11.5 Å². The van der Waals surface area contributed by atoms with E-state index in [1.165, 1.54) is 5.56 Å². The Hall–Kier alpha value is -1.39. The monoisotopic (exact) mass is 273 g/mol. The van der Waals surface area contributed by atoms with Gasteiger partial charge in [-0.2, -0.15) is 0 Å². The second-order valence-corrected chi connectivity index (χ2v) is 6.13. The van der Waals surface area contributed by atoms with Crippen molar-refractivity contribution in [2.45, 2.75) is 37.3 Å². The van der Waals surface area contributed by atoms with Gasteiger partial charge in [-0.1, -0.05) is 36.8 Å². The van der Waals surface area contributed by atoms with Crippen molar-refractivity contribution in [3.05, 3.63) is 35.9 Å². The van der Waals surface area contributed by atoms with Gasteiger partial charge in [-0.25, -0.2) is 0 Å². The van der Waals surface area contributed by atoms with E-state index in [9.17, 15) is 4.79 Å². The van der Waals surface area contributed by atoms with Gasteiger partial charge in [-0.15, -0.1) is 0 Å². The molecule has 4 N–H and O–H groups in total. The van der Waals surface area contributed by atoms with E-state index in [-0.39, 0.29) is 29.8 Å². The molecule has 0 spiro atoms. The Morgan fingerprint density at radius 3 is 2.45 bits per heavy atom. The molecule has 4 atom stereocenters. The zero-order valence-electron chi connectivity index (χ0n) is 11.7. The zero-order chi connectivity index (χ0) is 14.1. The molecule has 0 aromatic heterocycles. The molecule has 1 saturated carbocycles. The average molecular weight is 273 g/mol. The summed E-state index contributed by atoms with van der Waals surface area (Å²) in [5.41, 5.74) is 13.5. The van der Waals surface area contributed by atoms with Crippen LogP contribution in [0.25, 0.3) is 0 Å². The van der Waals surface area contributed by atoms with Crippen LogP contribution in [0.3, 0.4) is 0 Å². The van der Waals surface area contributed by atoms with Crippen LogP contribution in [-0.4, -0.2) is 36.0 Å². The number of carbonyl (C=O) groups is 1. The van der Waals surface area contributed by atoms with Crippen LogP contribution in [0.1, 0.15) is 30.7 Å². The first-order chi connectivity index (χ1) is 9.66. The quantitative estimate of drug-likeness (QED) is 0.846. The Bertz CT molecular complexity index is 476. The van der Waals surface area contributed by atoms with E-state index in [2.05, 4.69) is 12.1 Å². The third-order valence-electron chi connectivity index (χ3n) is 4.79. The number of hydrogen-bond donors (Lipinski definition) is 2. The van der Waals surface area contributed by atoms with Gasteiger partial charge in [-0.3, -0.25) is 4.79 Å². The Kier molecular flexibility index (Phi) is 3.76. The first-order valence-corrected chi connectivity index (χ1v) is 7.51. The van der Waals surface area contributed by atoms with Crippen LogP contribution >= 0.6 is 0 Å². The van der Waals surface area contributed by atoms with E-state index in [1.54, 1.807) is 0 Å². The minimum Gasteiger partial charge on any atom is -0.340 e. The number of likely N-dealkylation sites (tertiary alicyclic amines) is 1. The summed E-state index contributed by atoms with van der Waals surface area (Å²) in [6.07, 6.45) is 2.97. The number of carbonyl (C=O) groups excluding carboxylic acids is 1. The molecule has 1 aromatic carbocycles. The third kappa shape index (κ3) is 2.45. The van der Waals surface area contributed by atoms with Crippen molar-refractivity contribution in [2.75, 3.05) is 13.1 Å². The molecule has 4 heteroatoms. The Labute approximate surface area is 120 Å². The Morgan fingerprint density at radius 1 is 1.05 bits per heavy atom. The molecular weight excluding hydrogens is 250 g/mol. The van der Waals surface area contributed by atoms with Gasteiger partial charge in [0.15, 0.2) is 0 Å². The number of amides is 1. The molecule has 0 bridgehead atoms. The van der Waals surface area contributed by atoms with Crippen molar-refractivity contribution in [3.63, 3.8) is 0 Å². The normalized spacial score (nSPS) is 33.6. The van der Waals surface area contributed by atoms with Crippen molar-refractivity contribution >= 4 is 5.91 Å². The van der Waals surface area contributed by atoms with E-state index < -0.39 is 0 Å². The SMILES string of the molecule is NC1CCCC1C(=O)N1C[C@@H](N)[C@H](c2ccccc2)C1. The van der Waals surface area contributed by atoms with Crippen molar-refractivity contribution in [1.29, 1.82) is 0 Å². The van der Waals surface area contributed by atoms with Gasteiger partial charge in [0.25, 0.3) is 0 Å². The van der Waals surface area contributed by atoms with Crippen molar-refractivity contribution in [2.24, 2.45) is 17.4 Å². The van der Waals surface area contributed by atoms with E-state index in [0.29, 0.717) is 6.54 Å². The van der Waals surface area contributed by atoms with Gasteiger partial charge in [0.2, 0.25) is 5.91 Å². The highest BCUT2D eigenvalue weighted by Gasteiger charge is 2.39. The standard InChI is InChI=1S/C16H23N3O/c17-14-8-4-7-12(14)16(20)19-9-13(15(18)10-19)11-5-2-1-3-6-11/h1-3,5-6,12-15H,4,7-10,17-18H2/t12?,13-,14?,15+/m0/s1. The lowest BCUT2D eigenvalue weighted by atomic mass is 9.95. The van der Waals surface area contributed by atoms with E-state index in [1.807, 2.05) is 23.1 Å². The van der Waals surface area contributed by atoms with Crippen LogP contribution in [0.2, 0.25) is 0 Å². The first-order valence-electron chi connectivity index (χ1n) is 7.51. The van der Waals surface area contributed by atoms with Crippen molar-refractivity contribution < 1.29 is 4.79 Å². The second kappa shape index (κ2) is 5.54. The Balaban J connectivity index is 1.70. The molecule has 1 saturated heterocycles. The molecule has 1 aliphatic heterocycles. The fourth-order valence-corrected chi connectivity index (χ4v) is 3.59. The van der Waals surface area contributed by atoms with Crippen LogP contribution in [-0.2, 0) is 4.79 Å². The van der Waals surface area contributed by atoms with Gasteiger partial charge in [0.1, 0.15) is 0 Å². The van der Waals surface area contributed by atoms with Crippen LogP contribution in [0.4, 0.5) is 0 Å². The fraction of sp³-hybridized carbons (Fsp3) is 0.562. The highest BCUT2D eigenvalue weighted by Crippen LogP contribution is 2.31. The second-order valence-electron chi connectivity index (χ2n) is 6.13. The van der Waals surface area contributed by atoms with Crippen LogP contribution < -0.4 is 11.5 Å². The predicted octanol–water partition coefficient (Wildman–Crippen LogP) is 1.07. The van der Waals surface area contributed by atoms with Gasteiger partial charge in [0.05, 0.1) is 5.92 Å². The van der Waals surface area contributed by atoms with Gasteiger partial charge < -0.3 is 16.4 Å². The Morgan fingerprint density at radius 2 is 1.80 bits per heavy atom. The maximum atomic E-state index is 12.6. The number of nitrogens with two attached hydrogens (primary N) is 2. The maximum absolute atomic E-state index is 12.6.